The molecule has 0 bridgehead atoms. The van der Waals surface area contributed by atoms with Crippen LogP contribution in [0.3, 0.4) is 0 Å². The molecule has 19 heavy (non-hydrogen) atoms. The van der Waals surface area contributed by atoms with Gasteiger partial charge in [-0.25, -0.2) is 0 Å². The van der Waals surface area contributed by atoms with Gasteiger partial charge in [0.1, 0.15) is 5.75 Å². The smallest absolute Gasteiger partial charge is 0.387 e. The molecule has 1 fully saturated rings. The Morgan fingerprint density at radius 1 is 1.42 bits per heavy atom. The van der Waals surface area contributed by atoms with Crippen molar-refractivity contribution in [2.24, 2.45) is 5.73 Å². The largest absolute Gasteiger partial charge is 0.435 e. The molecule has 0 unspecified atom stereocenters. The molecule has 1 aliphatic rings. The van der Waals surface area contributed by atoms with Gasteiger partial charge >= 0.3 is 6.61 Å². The number of hydrogen-bond acceptors (Lipinski definition) is 2. The SMILES string of the molecule is CC.FC(F)Oc1ccc(Cl)cc1C1CC1.NC=O. The second kappa shape index (κ2) is 9.55. The first-order valence-electron chi connectivity index (χ1n) is 5.98. The maximum absolute atomic E-state index is 12.0. The summed E-state index contributed by atoms with van der Waals surface area (Å²) in [5, 5.41) is 0.563. The van der Waals surface area contributed by atoms with Crippen LogP contribution in [0, 0.1) is 0 Å². The Bertz CT molecular complexity index is 385. The number of alkyl halides is 2. The lowest BCUT2D eigenvalue weighted by Gasteiger charge is -2.09. The quantitative estimate of drug-likeness (QED) is 0.858. The van der Waals surface area contributed by atoms with Crippen LogP contribution >= 0.6 is 11.6 Å². The number of benzene rings is 1. The second-order valence-corrected chi connectivity index (χ2v) is 3.91. The van der Waals surface area contributed by atoms with Crippen LogP contribution in [0.2, 0.25) is 5.02 Å². The lowest BCUT2D eigenvalue weighted by Crippen LogP contribution is -2.03. The molecular weight excluding hydrogens is 276 g/mol. The summed E-state index contributed by atoms with van der Waals surface area (Å²) in [6.07, 6.45) is 2.31. The Labute approximate surface area is 116 Å². The van der Waals surface area contributed by atoms with Crippen LogP contribution in [0.1, 0.15) is 38.2 Å². The molecule has 0 radical (unpaired) electrons. The molecule has 0 heterocycles. The van der Waals surface area contributed by atoms with Crippen molar-refractivity contribution in [2.75, 3.05) is 0 Å². The summed E-state index contributed by atoms with van der Waals surface area (Å²) < 4.78 is 28.5. The Morgan fingerprint density at radius 3 is 2.37 bits per heavy atom. The van der Waals surface area contributed by atoms with Crippen LogP contribution in [0.25, 0.3) is 0 Å². The molecular formula is C13H18ClF2NO2. The molecule has 2 rings (SSSR count). The Morgan fingerprint density at radius 2 is 1.95 bits per heavy atom. The molecule has 1 aliphatic carbocycles. The van der Waals surface area contributed by atoms with E-state index in [9.17, 15) is 8.78 Å². The standard InChI is InChI=1S/C10H9ClF2O.C2H6.CH3NO/c11-7-3-4-9(14-10(12)13)8(5-7)6-1-2-6;1-2;2-1-3/h3-6,10H,1-2H2;1-2H3;1H,(H2,2,3). The average Bonchev–Trinajstić information content (AvgIpc) is 3.19. The van der Waals surface area contributed by atoms with Crippen molar-refractivity contribution in [1.82, 2.24) is 0 Å². The van der Waals surface area contributed by atoms with E-state index in [-0.39, 0.29) is 12.2 Å². The zero-order valence-electron chi connectivity index (χ0n) is 10.9. The van der Waals surface area contributed by atoms with E-state index in [0.717, 1.165) is 18.4 Å². The number of ether oxygens (including phenoxy) is 1. The summed E-state index contributed by atoms with van der Waals surface area (Å²) >= 11 is 5.78. The number of carbonyl (C=O) groups is 1. The fourth-order valence-electron chi connectivity index (χ4n) is 1.44. The van der Waals surface area contributed by atoms with E-state index in [1.807, 2.05) is 13.8 Å². The summed E-state index contributed by atoms with van der Waals surface area (Å²) in [5.41, 5.74) is 4.97. The first kappa shape index (κ1) is 17.6. The number of rotatable bonds is 3. The van der Waals surface area contributed by atoms with E-state index in [1.165, 1.54) is 6.07 Å². The van der Waals surface area contributed by atoms with E-state index >= 15 is 0 Å². The lowest BCUT2D eigenvalue weighted by atomic mass is 10.1. The predicted octanol–water partition coefficient (Wildman–Crippen LogP) is 3.95. The highest BCUT2D eigenvalue weighted by atomic mass is 35.5. The number of halogens is 3. The topological polar surface area (TPSA) is 52.3 Å². The van der Waals surface area contributed by atoms with Crippen molar-refractivity contribution in [1.29, 1.82) is 0 Å². The van der Waals surface area contributed by atoms with Gasteiger partial charge in [-0.2, -0.15) is 8.78 Å². The van der Waals surface area contributed by atoms with Crippen molar-refractivity contribution in [2.45, 2.75) is 39.2 Å². The molecule has 1 saturated carbocycles. The maximum Gasteiger partial charge on any atom is 0.387 e. The molecule has 1 amide bonds. The molecule has 0 saturated heterocycles. The van der Waals surface area contributed by atoms with E-state index in [1.54, 1.807) is 12.1 Å². The summed E-state index contributed by atoms with van der Waals surface area (Å²) in [5.74, 6) is 0.606. The third-order valence-corrected chi connectivity index (χ3v) is 2.44. The van der Waals surface area contributed by atoms with Gasteiger partial charge in [0.25, 0.3) is 0 Å². The molecule has 1 aromatic rings. The van der Waals surface area contributed by atoms with Gasteiger partial charge < -0.3 is 10.5 Å². The van der Waals surface area contributed by atoms with Crippen molar-refractivity contribution >= 4 is 18.0 Å². The Balaban J connectivity index is 0.000000573. The van der Waals surface area contributed by atoms with Crippen molar-refractivity contribution < 1.29 is 18.3 Å². The number of amides is 1. The highest BCUT2D eigenvalue weighted by molar-refractivity contribution is 6.30. The zero-order chi connectivity index (χ0) is 14.8. The predicted molar refractivity (Wildman–Crippen MR) is 71.7 cm³/mol. The van der Waals surface area contributed by atoms with Crippen LogP contribution < -0.4 is 10.5 Å². The molecule has 0 atom stereocenters. The van der Waals surface area contributed by atoms with E-state index < -0.39 is 6.61 Å². The van der Waals surface area contributed by atoms with Crippen molar-refractivity contribution in [3.8, 4) is 5.75 Å². The van der Waals surface area contributed by atoms with Gasteiger partial charge in [-0.05, 0) is 42.5 Å². The van der Waals surface area contributed by atoms with Gasteiger partial charge in [0, 0.05) is 5.02 Å². The van der Waals surface area contributed by atoms with Crippen LogP contribution in [-0.4, -0.2) is 13.0 Å². The first-order chi connectivity index (χ1) is 9.08. The lowest BCUT2D eigenvalue weighted by molar-refractivity contribution is -0.106. The Hall–Kier alpha value is -1.36. The van der Waals surface area contributed by atoms with Gasteiger partial charge in [-0.1, -0.05) is 25.4 Å². The minimum Gasteiger partial charge on any atom is -0.435 e. The maximum atomic E-state index is 12.0. The molecule has 6 heteroatoms. The second-order valence-electron chi connectivity index (χ2n) is 3.47. The van der Waals surface area contributed by atoms with Gasteiger partial charge in [0.05, 0.1) is 0 Å². The summed E-state index contributed by atoms with van der Waals surface area (Å²) in [4.78, 5) is 8.58. The molecule has 1 aromatic carbocycles. The highest BCUT2D eigenvalue weighted by Gasteiger charge is 2.27. The van der Waals surface area contributed by atoms with E-state index in [4.69, 9.17) is 16.4 Å². The third kappa shape index (κ3) is 6.96. The fourth-order valence-corrected chi connectivity index (χ4v) is 1.62. The minimum absolute atomic E-state index is 0.250. The average molecular weight is 294 g/mol. The molecule has 2 N–H and O–H groups in total. The van der Waals surface area contributed by atoms with Crippen molar-refractivity contribution in [3.05, 3.63) is 28.8 Å². The molecule has 0 aromatic heterocycles. The van der Waals surface area contributed by atoms with Gasteiger partial charge in [-0.3, -0.25) is 4.79 Å². The zero-order valence-corrected chi connectivity index (χ0v) is 11.7. The summed E-state index contributed by atoms with van der Waals surface area (Å²) in [6, 6.07) is 4.77. The first-order valence-corrected chi connectivity index (χ1v) is 6.36. The molecule has 108 valence electrons. The Kier molecular flexibility index (Phi) is 8.87. The highest BCUT2D eigenvalue weighted by Crippen LogP contribution is 2.45. The minimum atomic E-state index is -2.77. The van der Waals surface area contributed by atoms with Crippen LogP contribution in [0.15, 0.2) is 18.2 Å². The monoisotopic (exact) mass is 293 g/mol. The van der Waals surface area contributed by atoms with Gasteiger partial charge in [0.15, 0.2) is 0 Å². The van der Waals surface area contributed by atoms with Crippen LogP contribution in [0.4, 0.5) is 8.78 Å². The molecule has 3 nitrogen and oxygen atoms in total. The summed E-state index contributed by atoms with van der Waals surface area (Å²) in [6.45, 7) is 1.23. The van der Waals surface area contributed by atoms with E-state index in [0.29, 0.717) is 10.9 Å². The molecule has 0 aliphatic heterocycles. The number of primary amides is 1. The van der Waals surface area contributed by atoms with Crippen molar-refractivity contribution in [3.63, 3.8) is 0 Å². The van der Waals surface area contributed by atoms with Gasteiger partial charge in [-0.15, -0.1) is 0 Å². The van der Waals surface area contributed by atoms with E-state index in [2.05, 4.69) is 10.5 Å². The number of nitrogens with two attached hydrogens (primary N) is 1. The normalized spacial score (nSPS) is 12.7. The van der Waals surface area contributed by atoms with Crippen LogP contribution in [-0.2, 0) is 4.79 Å². The number of carbonyl (C=O) groups excluding carboxylic acids is 1. The molecule has 0 spiro atoms. The third-order valence-electron chi connectivity index (χ3n) is 2.21. The fraction of sp³-hybridized carbons (Fsp3) is 0.462. The number of hydrogen-bond donors (Lipinski definition) is 1. The van der Waals surface area contributed by atoms with Crippen LogP contribution in [0.5, 0.6) is 5.75 Å². The van der Waals surface area contributed by atoms with Gasteiger partial charge in [0.2, 0.25) is 6.41 Å². The summed E-state index contributed by atoms with van der Waals surface area (Å²) in [7, 11) is 0.